The number of fused-ring (bicyclic) bond motifs is 1. The second-order valence-electron chi connectivity index (χ2n) is 6.41. The summed E-state index contributed by atoms with van der Waals surface area (Å²) >= 11 is 0. The fourth-order valence-electron chi connectivity index (χ4n) is 3.28. The molecule has 0 aliphatic carbocycles. The van der Waals surface area contributed by atoms with Crippen LogP contribution in [-0.4, -0.2) is 51.0 Å². The highest BCUT2D eigenvalue weighted by molar-refractivity contribution is 5.50. The van der Waals surface area contributed by atoms with E-state index in [-0.39, 0.29) is 5.82 Å². The van der Waals surface area contributed by atoms with Gasteiger partial charge in [0.15, 0.2) is 11.5 Å². The maximum absolute atomic E-state index is 13.3. The van der Waals surface area contributed by atoms with Gasteiger partial charge in [-0.1, -0.05) is 0 Å². The molecule has 0 radical (unpaired) electrons. The van der Waals surface area contributed by atoms with Crippen molar-refractivity contribution in [2.75, 3.05) is 36.0 Å². The number of aromatic nitrogens is 5. The predicted molar refractivity (Wildman–Crippen MR) is 93.8 cm³/mol. The van der Waals surface area contributed by atoms with Crippen LogP contribution in [0.4, 0.5) is 24.8 Å². The first-order valence-corrected chi connectivity index (χ1v) is 8.64. The summed E-state index contributed by atoms with van der Waals surface area (Å²) in [6, 6.07) is 6.10. The van der Waals surface area contributed by atoms with Gasteiger partial charge in [0.05, 0.1) is 5.56 Å². The lowest BCUT2D eigenvalue weighted by atomic mass is 10.2. The molecule has 0 saturated carbocycles. The Kier molecular flexibility index (Phi) is 4.33. The van der Waals surface area contributed by atoms with Crippen LogP contribution in [0.5, 0.6) is 0 Å². The summed E-state index contributed by atoms with van der Waals surface area (Å²) < 4.78 is 41.6. The van der Waals surface area contributed by atoms with Crippen molar-refractivity contribution in [1.29, 1.82) is 0 Å². The highest BCUT2D eigenvalue weighted by Crippen LogP contribution is 2.35. The first kappa shape index (κ1) is 17.5. The molecule has 0 amide bonds. The van der Waals surface area contributed by atoms with Crippen LogP contribution in [0.15, 0.2) is 30.5 Å². The number of anilines is 2. The number of alkyl halides is 3. The van der Waals surface area contributed by atoms with E-state index in [9.17, 15) is 13.2 Å². The molecule has 4 heterocycles. The van der Waals surface area contributed by atoms with Crippen molar-refractivity contribution >= 4 is 17.3 Å². The van der Waals surface area contributed by atoms with E-state index in [2.05, 4.69) is 25.2 Å². The van der Waals surface area contributed by atoms with Gasteiger partial charge < -0.3 is 9.80 Å². The summed E-state index contributed by atoms with van der Waals surface area (Å²) in [5.74, 6) is 1.43. The zero-order valence-corrected chi connectivity index (χ0v) is 14.7. The standard InChI is InChI=1S/C17H18F3N7/c1-12-22-23-14-5-6-15(24-27(12)14)25-8-3-9-26(11-10-25)16-13(17(18,19)20)4-2-7-21-16/h2,4-7H,3,8-11H2,1H3. The Balaban J connectivity index is 1.57. The zero-order valence-electron chi connectivity index (χ0n) is 14.7. The Labute approximate surface area is 153 Å². The maximum atomic E-state index is 13.3. The average molecular weight is 377 g/mol. The average Bonchev–Trinajstić information content (AvgIpc) is 2.87. The minimum atomic E-state index is -4.42. The number of aryl methyl sites for hydroxylation is 1. The predicted octanol–water partition coefficient (Wildman–Crippen LogP) is 2.56. The van der Waals surface area contributed by atoms with Crippen LogP contribution in [-0.2, 0) is 6.18 Å². The number of pyridine rings is 1. The van der Waals surface area contributed by atoms with Gasteiger partial charge in [0.25, 0.3) is 0 Å². The van der Waals surface area contributed by atoms with E-state index in [1.807, 2.05) is 19.1 Å². The van der Waals surface area contributed by atoms with Gasteiger partial charge in [-0.2, -0.15) is 17.7 Å². The normalized spacial score (nSPS) is 16.0. The van der Waals surface area contributed by atoms with Crippen molar-refractivity contribution in [2.24, 2.45) is 0 Å². The van der Waals surface area contributed by atoms with E-state index in [0.29, 0.717) is 44.1 Å². The molecule has 0 atom stereocenters. The van der Waals surface area contributed by atoms with Crippen LogP contribution in [0, 0.1) is 6.92 Å². The Hall–Kier alpha value is -2.91. The summed E-state index contributed by atoms with van der Waals surface area (Å²) in [7, 11) is 0. The second kappa shape index (κ2) is 6.67. The highest BCUT2D eigenvalue weighted by atomic mass is 19.4. The Morgan fingerprint density at radius 2 is 1.74 bits per heavy atom. The molecule has 27 heavy (non-hydrogen) atoms. The molecule has 3 aromatic heterocycles. The van der Waals surface area contributed by atoms with Crippen LogP contribution in [0.25, 0.3) is 5.65 Å². The van der Waals surface area contributed by atoms with Crippen molar-refractivity contribution in [3.05, 3.63) is 41.9 Å². The molecular weight excluding hydrogens is 359 g/mol. The summed E-state index contributed by atoms with van der Waals surface area (Å²) in [6.07, 6.45) is -2.32. The number of hydrogen-bond donors (Lipinski definition) is 0. The molecule has 7 nitrogen and oxygen atoms in total. The summed E-state index contributed by atoms with van der Waals surface area (Å²) in [4.78, 5) is 7.77. The lowest BCUT2D eigenvalue weighted by Gasteiger charge is -2.25. The molecule has 142 valence electrons. The smallest absolute Gasteiger partial charge is 0.354 e. The first-order valence-electron chi connectivity index (χ1n) is 8.64. The lowest BCUT2D eigenvalue weighted by Crippen LogP contribution is -2.33. The molecule has 0 bridgehead atoms. The molecule has 0 spiro atoms. The number of hydrogen-bond acceptors (Lipinski definition) is 6. The molecule has 1 aliphatic heterocycles. The van der Waals surface area contributed by atoms with Crippen molar-refractivity contribution in [3.8, 4) is 0 Å². The van der Waals surface area contributed by atoms with Crippen molar-refractivity contribution < 1.29 is 13.2 Å². The molecule has 1 saturated heterocycles. The van der Waals surface area contributed by atoms with Crippen LogP contribution >= 0.6 is 0 Å². The largest absolute Gasteiger partial charge is 0.419 e. The van der Waals surface area contributed by atoms with Crippen LogP contribution in [0.1, 0.15) is 17.8 Å². The van der Waals surface area contributed by atoms with Gasteiger partial charge in [-0.05, 0) is 37.6 Å². The second-order valence-corrected chi connectivity index (χ2v) is 6.41. The third-order valence-corrected chi connectivity index (χ3v) is 4.62. The van der Waals surface area contributed by atoms with Gasteiger partial charge in [0, 0.05) is 32.4 Å². The molecule has 0 N–H and O–H groups in total. The van der Waals surface area contributed by atoms with E-state index >= 15 is 0 Å². The molecule has 1 fully saturated rings. The van der Waals surface area contributed by atoms with Crippen LogP contribution < -0.4 is 9.80 Å². The van der Waals surface area contributed by atoms with E-state index in [0.717, 1.165) is 11.9 Å². The molecule has 0 aromatic carbocycles. The van der Waals surface area contributed by atoms with Gasteiger partial charge in [-0.25, -0.2) is 4.98 Å². The minimum Gasteiger partial charge on any atom is -0.354 e. The van der Waals surface area contributed by atoms with Crippen molar-refractivity contribution in [1.82, 2.24) is 24.8 Å². The number of nitrogens with zero attached hydrogens (tertiary/aromatic N) is 7. The number of halogens is 3. The fraction of sp³-hybridized carbons (Fsp3) is 0.412. The van der Waals surface area contributed by atoms with Gasteiger partial charge in [-0.15, -0.1) is 15.3 Å². The van der Waals surface area contributed by atoms with E-state index in [4.69, 9.17) is 0 Å². The molecule has 0 unspecified atom stereocenters. The van der Waals surface area contributed by atoms with E-state index in [1.165, 1.54) is 12.3 Å². The van der Waals surface area contributed by atoms with E-state index < -0.39 is 11.7 Å². The number of rotatable bonds is 2. The van der Waals surface area contributed by atoms with Gasteiger partial charge in [-0.3, -0.25) is 0 Å². The molecule has 1 aliphatic rings. The first-order chi connectivity index (χ1) is 12.9. The zero-order chi connectivity index (χ0) is 19.0. The third kappa shape index (κ3) is 3.38. The highest BCUT2D eigenvalue weighted by Gasteiger charge is 2.36. The quantitative estimate of drug-likeness (QED) is 0.684. The Bertz CT molecular complexity index is 953. The molecule has 3 aromatic rings. The monoisotopic (exact) mass is 377 g/mol. The summed E-state index contributed by atoms with van der Waals surface area (Å²) in [6.45, 7) is 4.00. The summed E-state index contributed by atoms with van der Waals surface area (Å²) in [5, 5.41) is 12.6. The third-order valence-electron chi connectivity index (χ3n) is 4.62. The fourth-order valence-corrected chi connectivity index (χ4v) is 3.28. The minimum absolute atomic E-state index is 0.00934. The van der Waals surface area contributed by atoms with Gasteiger partial charge >= 0.3 is 6.18 Å². The topological polar surface area (TPSA) is 62.5 Å². The Morgan fingerprint density at radius 3 is 2.56 bits per heavy atom. The van der Waals surface area contributed by atoms with Gasteiger partial charge in [0.1, 0.15) is 11.6 Å². The maximum Gasteiger partial charge on any atom is 0.419 e. The molecule has 10 heteroatoms. The van der Waals surface area contributed by atoms with Crippen molar-refractivity contribution in [2.45, 2.75) is 19.5 Å². The molecular formula is C17H18F3N7. The summed E-state index contributed by atoms with van der Waals surface area (Å²) in [5.41, 5.74) is -0.0332. The van der Waals surface area contributed by atoms with E-state index in [1.54, 1.807) is 9.42 Å². The van der Waals surface area contributed by atoms with Crippen LogP contribution in [0.3, 0.4) is 0 Å². The SMILES string of the molecule is Cc1nnc2ccc(N3CCCN(c4ncccc4C(F)(F)F)CC3)nn12. The lowest BCUT2D eigenvalue weighted by molar-refractivity contribution is -0.137. The Morgan fingerprint density at radius 1 is 0.963 bits per heavy atom. The van der Waals surface area contributed by atoms with Crippen molar-refractivity contribution in [3.63, 3.8) is 0 Å². The molecule has 4 rings (SSSR count). The van der Waals surface area contributed by atoms with Crippen LogP contribution in [0.2, 0.25) is 0 Å². The van der Waals surface area contributed by atoms with Gasteiger partial charge in [0.2, 0.25) is 0 Å².